The van der Waals surface area contributed by atoms with Gasteiger partial charge in [-0.2, -0.15) is 13.2 Å². The molecule has 5 nitrogen and oxygen atoms in total. The molecule has 3 aromatic rings. The van der Waals surface area contributed by atoms with Gasteiger partial charge in [0.15, 0.2) is 0 Å². The molecule has 0 saturated heterocycles. The average Bonchev–Trinajstić information content (AvgIpc) is 3.02. The second-order valence-corrected chi connectivity index (χ2v) is 5.98. The van der Waals surface area contributed by atoms with Gasteiger partial charge in [-0.05, 0) is 42.8 Å². The van der Waals surface area contributed by atoms with Gasteiger partial charge in [-0.3, -0.25) is 4.79 Å². The molecular formula is C18H16F4N4O. The Hall–Kier alpha value is -3.10. The molecular weight excluding hydrogens is 364 g/mol. The standard InChI is InChI=1S/C18H16F4N4O/c1-10-6-12(19)7-14-13(10)8-15(26-14)17(27)24-5-4-23-16-3-2-11(9-25-16)18(20,21)22/h2-3,6-9,26H,4-5H2,1H3,(H,23,25)(H,24,27). The van der Waals surface area contributed by atoms with Gasteiger partial charge >= 0.3 is 6.18 Å². The maximum Gasteiger partial charge on any atom is 0.417 e. The molecule has 27 heavy (non-hydrogen) atoms. The first-order chi connectivity index (χ1) is 12.7. The average molecular weight is 380 g/mol. The molecule has 0 unspecified atom stereocenters. The van der Waals surface area contributed by atoms with Gasteiger partial charge in [0.05, 0.1) is 5.56 Å². The zero-order valence-corrected chi connectivity index (χ0v) is 14.2. The summed E-state index contributed by atoms with van der Waals surface area (Å²) >= 11 is 0. The van der Waals surface area contributed by atoms with Gasteiger partial charge in [0.1, 0.15) is 17.3 Å². The van der Waals surface area contributed by atoms with Crippen LogP contribution in [0.1, 0.15) is 21.6 Å². The number of hydrogen-bond acceptors (Lipinski definition) is 3. The van der Waals surface area contributed by atoms with Crippen molar-refractivity contribution in [2.75, 3.05) is 18.4 Å². The smallest absolute Gasteiger partial charge is 0.368 e. The van der Waals surface area contributed by atoms with Crippen LogP contribution in [0.3, 0.4) is 0 Å². The highest BCUT2D eigenvalue weighted by molar-refractivity contribution is 5.98. The predicted molar refractivity (Wildman–Crippen MR) is 93.1 cm³/mol. The van der Waals surface area contributed by atoms with Gasteiger partial charge < -0.3 is 15.6 Å². The zero-order valence-electron chi connectivity index (χ0n) is 14.2. The number of fused-ring (bicyclic) bond motifs is 1. The number of halogens is 4. The van der Waals surface area contributed by atoms with Gasteiger partial charge in [0, 0.05) is 30.2 Å². The molecule has 1 amide bonds. The van der Waals surface area contributed by atoms with E-state index in [1.807, 2.05) is 0 Å². The number of hydrogen-bond donors (Lipinski definition) is 3. The molecule has 3 rings (SSSR count). The summed E-state index contributed by atoms with van der Waals surface area (Å²) in [6.07, 6.45) is -3.69. The lowest BCUT2D eigenvalue weighted by atomic mass is 10.1. The van der Waals surface area contributed by atoms with Crippen molar-refractivity contribution in [2.45, 2.75) is 13.1 Å². The number of pyridine rings is 1. The van der Waals surface area contributed by atoms with E-state index in [2.05, 4.69) is 20.6 Å². The number of carbonyl (C=O) groups is 1. The third-order valence-electron chi connectivity index (χ3n) is 3.96. The van der Waals surface area contributed by atoms with Gasteiger partial charge in [-0.25, -0.2) is 9.37 Å². The first-order valence-corrected chi connectivity index (χ1v) is 8.08. The van der Waals surface area contributed by atoms with Crippen molar-refractivity contribution in [1.82, 2.24) is 15.3 Å². The van der Waals surface area contributed by atoms with Crippen molar-refractivity contribution in [2.24, 2.45) is 0 Å². The fraction of sp³-hybridized carbons (Fsp3) is 0.222. The highest BCUT2D eigenvalue weighted by atomic mass is 19.4. The lowest BCUT2D eigenvalue weighted by Gasteiger charge is -2.09. The monoisotopic (exact) mass is 380 g/mol. The number of aromatic amines is 1. The van der Waals surface area contributed by atoms with Crippen LogP contribution in [0.15, 0.2) is 36.5 Å². The quantitative estimate of drug-likeness (QED) is 0.465. The number of alkyl halides is 3. The molecule has 0 atom stereocenters. The van der Waals surface area contributed by atoms with Gasteiger partial charge in [0.25, 0.3) is 5.91 Å². The second kappa shape index (κ2) is 7.26. The Balaban J connectivity index is 1.53. The summed E-state index contributed by atoms with van der Waals surface area (Å²) in [4.78, 5) is 18.7. The predicted octanol–water partition coefficient (Wildman–Crippen LogP) is 3.87. The molecule has 2 heterocycles. The molecule has 0 radical (unpaired) electrons. The number of rotatable bonds is 5. The molecule has 0 saturated carbocycles. The number of carbonyl (C=O) groups excluding carboxylic acids is 1. The summed E-state index contributed by atoms with van der Waals surface area (Å²) < 4.78 is 50.8. The molecule has 1 aromatic carbocycles. The molecule has 9 heteroatoms. The third kappa shape index (κ3) is 4.36. The Labute approximate surface area is 151 Å². The SMILES string of the molecule is Cc1cc(F)cc2[nH]c(C(=O)NCCNc3ccc(C(F)(F)F)cn3)cc12. The lowest BCUT2D eigenvalue weighted by Crippen LogP contribution is -2.29. The number of nitrogens with one attached hydrogen (secondary N) is 3. The maximum atomic E-state index is 13.4. The molecule has 142 valence electrons. The van der Waals surface area contributed by atoms with E-state index >= 15 is 0 Å². The van der Waals surface area contributed by atoms with E-state index in [-0.39, 0.29) is 30.6 Å². The van der Waals surface area contributed by atoms with Crippen molar-refractivity contribution in [3.8, 4) is 0 Å². The number of nitrogens with zero attached hydrogens (tertiary/aromatic N) is 1. The fourth-order valence-corrected chi connectivity index (χ4v) is 2.63. The van der Waals surface area contributed by atoms with Gasteiger partial charge in [-0.1, -0.05) is 0 Å². The topological polar surface area (TPSA) is 69.8 Å². The van der Waals surface area contributed by atoms with Crippen molar-refractivity contribution >= 4 is 22.6 Å². The lowest BCUT2D eigenvalue weighted by molar-refractivity contribution is -0.137. The molecule has 2 aromatic heterocycles. The first-order valence-electron chi connectivity index (χ1n) is 8.08. The Morgan fingerprint density at radius 3 is 2.63 bits per heavy atom. The summed E-state index contributed by atoms with van der Waals surface area (Å²) in [7, 11) is 0. The van der Waals surface area contributed by atoms with Crippen molar-refractivity contribution in [1.29, 1.82) is 0 Å². The van der Waals surface area contributed by atoms with Crippen molar-refractivity contribution in [3.63, 3.8) is 0 Å². The number of anilines is 1. The summed E-state index contributed by atoms with van der Waals surface area (Å²) in [5, 5.41) is 6.24. The highest BCUT2D eigenvalue weighted by Gasteiger charge is 2.30. The Bertz CT molecular complexity index is 964. The Morgan fingerprint density at radius 2 is 1.96 bits per heavy atom. The maximum absolute atomic E-state index is 13.4. The molecule has 0 aliphatic rings. The van der Waals surface area contributed by atoms with E-state index in [9.17, 15) is 22.4 Å². The van der Waals surface area contributed by atoms with Crippen LogP contribution in [-0.4, -0.2) is 29.0 Å². The summed E-state index contributed by atoms with van der Waals surface area (Å²) in [5.41, 5.74) is 0.721. The molecule has 0 bridgehead atoms. The van der Waals surface area contributed by atoms with E-state index < -0.39 is 11.7 Å². The number of benzene rings is 1. The largest absolute Gasteiger partial charge is 0.417 e. The van der Waals surface area contributed by atoms with Crippen LogP contribution in [0, 0.1) is 12.7 Å². The van der Waals surface area contributed by atoms with Crippen LogP contribution in [0.25, 0.3) is 10.9 Å². The number of amides is 1. The van der Waals surface area contributed by atoms with Crippen LogP contribution in [0.2, 0.25) is 0 Å². The van der Waals surface area contributed by atoms with Gasteiger partial charge in [-0.15, -0.1) is 0 Å². The number of aryl methyl sites for hydroxylation is 1. The zero-order chi connectivity index (χ0) is 19.6. The normalized spacial score (nSPS) is 11.6. The summed E-state index contributed by atoms with van der Waals surface area (Å²) in [6.45, 7) is 2.25. The van der Waals surface area contributed by atoms with Crippen molar-refractivity contribution in [3.05, 3.63) is 59.2 Å². The molecule has 0 aliphatic heterocycles. The fourth-order valence-electron chi connectivity index (χ4n) is 2.63. The van der Waals surface area contributed by atoms with E-state index in [4.69, 9.17) is 0 Å². The minimum absolute atomic E-state index is 0.226. The van der Waals surface area contributed by atoms with E-state index in [1.165, 1.54) is 18.2 Å². The molecule has 3 N–H and O–H groups in total. The van der Waals surface area contributed by atoms with Crippen LogP contribution in [-0.2, 0) is 6.18 Å². The minimum Gasteiger partial charge on any atom is -0.368 e. The third-order valence-corrected chi connectivity index (χ3v) is 3.96. The number of H-pyrrole nitrogens is 1. The van der Waals surface area contributed by atoms with Gasteiger partial charge in [0.2, 0.25) is 0 Å². The minimum atomic E-state index is -4.43. The highest BCUT2D eigenvalue weighted by Crippen LogP contribution is 2.28. The second-order valence-electron chi connectivity index (χ2n) is 5.98. The van der Waals surface area contributed by atoms with E-state index in [0.29, 0.717) is 11.2 Å². The Kier molecular flexibility index (Phi) is 5.02. The Morgan fingerprint density at radius 1 is 1.19 bits per heavy atom. The van der Waals surface area contributed by atoms with Crippen molar-refractivity contribution < 1.29 is 22.4 Å². The van der Waals surface area contributed by atoms with E-state index in [1.54, 1.807) is 13.0 Å². The first kappa shape index (κ1) is 18.7. The van der Waals surface area contributed by atoms with Crippen LogP contribution in [0.4, 0.5) is 23.4 Å². The summed E-state index contributed by atoms with van der Waals surface area (Å²) in [6, 6.07) is 6.50. The summed E-state index contributed by atoms with van der Waals surface area (Å²) in [5.74, 6) is -0.482. The van der Waals surface area contributed by atoms with Crippen LogP contribution in [0.5, 0.6) is 0 Å². The molecule has 0 spiro atoms. The molecule has 0 fully saturated rings. The molecule has 0 aliphatic carbocycles. The van der Waals surface area contributed by atoms with Crippen LogP contribution < -0.4 is 10.6 Å². The van der Waals surface area contributed by atoms with Crippen LogP contribution >= 0.6 is 0 Å². The van der Waals surface area contributed by atoms with E-state index in [0.717, 1.165) is 23.2 Å². The number of aromatic nitrogens is 2.